The van der Waals surface area contributed by atoms with E-state index < -0.39 is 36.4 Å². The molecule has 1 fully saturated rings. The predicted octanol–water partition coefficient (Wildman–Crippen LogP) is -0.828. The average Bonchev–Trinajstić information content (AvgIpc) is 2.95. The van der Waals surface area contributed by atoms with Crippen LogP contribution in [0.4, 0.5) is 0 Å². The Labute approximate surface area is 149 Å². The second kappa shape index (κ2) is 6.94. The van der Waals surface area contributed by atoms with Crippen LogP contribution in [-0.2, 0) is 20.7 Å². The molecule has 9 nitrogen and oxygen atoms in total. The summed E-state index contributed by atoms with van der Waals surface area (Å²) in [6.45, 7) is 0. The maximum absolute atomic E-state index is 11.5. The molecule has 0 radical (unpaired) electrons. The van der Waals surface area contributed by atoms with E-state index in [4.69, 9.17) is 20.9 Å². The van der Waals surface area contributed by atoms with Gasteiger partial charge in [0.1, 0.15) is 18.0 Å². The third-order valence-electron chi connectivity index (χ3n) is 4.52. The lowest BCUT2D eigenvalue weighted by Gasteiger charge is -2.36. The molecule has 0 bridgehead atoms. The number of primary amides is 2. The first kappa shape index (κ1) is 18.2. The molecule has 9 heteroatoms. The summed E-state index contributed by atoms with van der Waals surface area (Å²) in [7, 11) is 1.50. The molecule has 26 heavy (non-hydrogen) atoms. The minimum Gasteiger partial charge on any atom is -0.496 e. The lowest BCUT2D eigenvalue weighted by atomic mass is 10.0. The Balaban J connectivity index is 2.14. The SMILES string of the molecule is COc1cccc2c1c(CC(N)=O)cn2C1OC(C(N)=O)CC(O)C1O. The van der Waals surface area contributed by atoms with Crippen molar-refractivity contribution in [3.63, 3.8) is 0 Å². The number of carbonyl (C=O) groups excluding carboxylic acids is 2. The molecule has 1 aromatic carbocycles. The number of aromatic nitrogens is 1. The van der Waals surface area contributed by atoms with Crippen LogP contribution in [0, 0.1) is 0 Å². The van der Waals surface area contributed by atoms with Gasteiger partial charge in [0, 0.05) is 18.0 Å². The van der Waals surface area contributed by atoms with Crippen LogP contribution in [0.25, 0.3) is 10.9 Å². The van der Waals surface area contributed by atoms with E-state index >= 15 is 0 Å². The lowest BCUT2D eigenvalue weighted by Crippen LogP contribution is -2.49. The van der Waals surface area contributed by atoms with Crippen molar-refractivity contribution in [1.29, 1.82) is 0 Å². The molecule has 6 N–H and O–H groups in total. The minimum atomic E-state index is -1.28. The number of ether oxygens (including phenoxy) is 2. The normalized spacial score (nSPS) is 26.0. The monoisotopic (exact) mass is 363 g/mol. The fourth-order valence-corrected chi connectivity index (χ4v) is 3.33. The van der Waals surface area contributed by atoms with Gasteiger partial charge >= 0.3 is 0 Å². The quantitative estimate of drug-likeness (QED) is 0.545. The van der Waals surface area contributed by atoms with Crippen LogP contribution >= 0.6 is 0 Å². The minimum absolute atomic E-state index is 0.0471. The number of aliphatic hydroxyl groups is 2. The van der Waals surface area contributed by atoms with E-state index in [1.165, 1.54) is 7.11 Å². The van der Waals surface area contributed by atoms with Gasteiger partial charge in [0.15, 0.2) is 6.23 Å². The standard InChI is InChI=1S/C17H21N3O6/c1-25-11-4-2-3-9-14(11)8(5-13(18)22)7-20(9)17-15(23)10(21)6-12(26-17)16(19)24/h2-4,7,10,12,15,17,21,23H,5-6H2,1H3,(H2,18,22)(H2,19,24). The molecule has 0 saturated carbocycles. The number of benzene rings is 1. The number of carbonyl (C=O) groups is 2. The highest BCUT2D eigenvalue weighted by molar-refractivity contribution is 5.93. The van der Waals surface area contributed by atoms with E-state index in [9.17, 15) is 19.8 Å². The summed E-state index contributed by atoms with van der Waals surface area (Å²) in [5, 5.41) is 21.1. The Morgan fingerprint density at radius 1 is 1.35 bits per heavy atom. The van der Waals surface area contributed by atoms with Crippen LogP contribution in [-0.4, -0.2) is 52.0 Å². The number of hydrogen-bond donors (Lipinski definition) is 4. The molecule has 140 valence electrons. The van der Waals surface area contributed by atoms with E-state index in [0.29, 0.717) is 22.2 Å². The number of amides is 2. The molecule has 3 rings (SSSR count). The van der Waals surface area contributed by atoms with Gasteiger partial charge in [-0.15, -0.1) is 0 Å². The number of hydrogen-bond acceptors (Lipinski definition) is 6. The van der Waals surface area contributed by atoms with Gasteiger partial charge in [0.2, 0.25) is 11.8 Å². The van der Waals surface area contributed by atoms with Gasteiger partial charge < -0.3 is 35.7 Å². The van der Waals surface area contributed by atoms with Gasteiger partial charge in [0.25, 0.3) is 0 Å². The zero-order valence-corrected chi connectivity index (χ0v) is 14.2. The summed E-state index contributed by atoms with van der Waals surface area (Å²) >= 11 is 0. The molecule has 1 aromatic heterocycles. The molecule has 4 atom stereocenters. The number of fused-ring (bicyclic) bond motifs is 1. The van der Waals surface area contributed by atoms with Crippen molar-refractivity contribution in [2.45, 2.75) is 37.4 Å². The van der Waals surface area contributed by atoms with Crippen LogP contribution in [0.5, 0.6) is 5.75 Å². The number of methoxy groups -OCH3 is 1. The summed E-state index contributed by atoms with van der Waals surface area (Å²) in [5.74, 6) is -0.739. The van der Waals surface area contributed by atoms with E-state index in [2.05, 4.69) is 0 Å². The molecule has 1 saturated heterocycles. The number of nitrogens with two attached hydrogens (primary N) is 2. The zero-order valence-electron chi connectivity index (χ0n) is 14.2. The zero-order chi connectivity index (χ0) is 19.0. The van der Waals surface area contributed by atoms with Crippen LogP contribution in [0.2, 0.25) is 0 Å². The van der Waals surface area contributed by atoms with Gasteiger partial charge in [-0.25, -0.2) is 0 Å². The van der Waals surface area contributed by atoms with Crippen molar-refractivity contribution in [2.24, 2.45) is 11.5 Å². The molecular weight excluding hydrogens is 342 g/mol. The van der Waals surface area contributed by atoms with Gasteiger partial charge in [-0.1, -0.05) is 6.07 Å². The van der Waals surface area contributed by atoms with Gasteiger partial charge in [-0.2, -0.15) is 0 Å². The highest BCUT2D eigenvalue weighted by atomic mass is 16.5. The van der Waals surface area contributed by atoms with Crippen molar-refractivity contribution in [2.75, 3.05) is 7.11 Å². The maximum atomic E-state index is 11.5. The third-order valence-corrected chi connectivity index (χ3v) is 4.52. The number of rotatable bonds is 5. The third kappa shape index (κ3) is 3.12. The van der Waals surface area contributed by atoms with Crippen molar-refractivity contribution >= 4 is 22.7 Å². The fraction of sp³-hybridized carbons (Fsp3) is 0.412. The Hall–Kier alpha value is -2.62. The molecule has 1 aliphatic heterocycles. The Morgan fingerprint density at radius 3 is 2.69 bits per heavy atom. The van der Waals surface area contributed by atoms with Crippen LogP contribution in [0.1, 0.15) is 18.2 Å². The van der Waals surface area contributed by atoms with Gasteiger partial charge in [0.05, 0.1) is 25.2 Å². The maximum Gasteiger partial charge on any atom is 0.246 e. The number of nitrogens with zero attached hydrogens (tertiary/aromatic N) is 1. The van der Waals surface area contributed by atoms with E-state index in [1.54, 1.807) is 29.0 Å². The topological polar surface area (TPSA) is 150 Å². The first-order valence-corrected chi connectivity index (χ1v) is 8.09. The van der Waals surface area contributed by atoms with Crippen molar-refractivity contribution in [1.82, 2.24) is 4.57 Å². The van der Waals surface area contributed by atoms with Crippen LogP contribution < -0.4 is 16.2 Å². The first-order valence-electron chi connectivity index (χ1n) is 8.09. The summed E-state index contributed by atoms with van der Waals surface area (Å²) in [5.41, 5.74) is 11.8. The average molecular weight is 363 g/mol. The second-order valence-electron chi connectivity index (χ2n) is 6.27. The fourth-order valence-electron chi connectivity index (χ4n) is 3.33. The highest BCUT2D eigenvalue weighted by Crippen LogP contribution is 2.36. The molecule has 2 amide bonds. The lowest BCUT2D eigenvalue weighted by molar-refractivity contribution is -0.198. The molecule has 1 aliphatic rings. The first-order chi connectivity index (χ1) is 12.3. The molecule has 4 unspecified atom stereocenters. The molecular formula is C17H21N3O6. The van der Waals surface area contributed by atoms with E-state index in [1.807, 2.05) is 0 Å². The van der Waals surface area contributed by atoms with E-state index in [-0.39, 0.29) is 12.8 Å². The van der Waals surface area contributed by atoms with Gasteiger partial charge in [-0.05, 0) is 17.7 Å². The Kier molecular flexibility index (Phi) is 4.86. The Bertz CT molecular complexity index is 848. The van der Waals surface area contributed by atoms with Crippen molar-refractivity contribution in [3.8, 4) is 5.75 Å². The predicted molar refractivity (Wildman–Crippen MR) is 91.1 cm³/mol. The summed E-state index contributed by atoms with van der Waals surface area (Å²) in [4.78, 5) is 23.0. The summed E-state index contributed by atoms with van der Waals surface area (Å²) < 4.78 is 12.6. The Morgan fingerprint density at radius 2 is 2.08 bits per heavy atom. The second-order valence-corrected chi connectivity index (χ2v) is 6.27. The molecule has 0 spiro atoms. The van der Waals surface area contributed by atoms with Crippen LogP contribution in [0.15, 0.2) is 24.4 Å². The summed E-state index contributed by atoms with van der Waals surface area (Å²) in [6.07, 6.45) is -3.11. The summed E-state index contributed by atoms with van der Waals surface area (Å²) in [6, 6.07) is 5.22. The molecule has 0 aliphatic carbocycles. The largest absolute Gasteiger partial charge is 0.496 e. The van der Waals surface area contributed by atoms with E-state index in [0.717, 1.165) is 0 Å². The molecule has 2 heterocycles. The number of aliphatic hydroxyl groups excluding tert-OH is 2. The van der Waals surface area contributed by atoms with Crippen molar-refractivity contribution in [3.05, 3.63) is 30.0 Å². The highest BCUT2D eigenvalue weighted by Gasteiger charge is 2.40. The molecule has 2 aromatic rings. The van der Waals surface area contributed by atoms with Gasteiger partial charge in [-0.3, -0.25) is 9.59 Å². The van der Waals surface area contributed by atoms with Crippen LogP contribution in [0.3, 0.4) is 0 Å². The van der Waals surface area contributed by atoms with Crippen molar-refractivity contribution < 1.29 is 29.3 Å². The smallest absolute Gasteiger partial charge is 0.246 e.